The van der Waals surface area contributed by atoms with Gasteiger partial charge in [-0.25, -0.2) is 0 Å². The maximum Gasteiger partial charge on any atom is 0.210 e. The summed E-state index contributed by atoms with van der Waals surface area (Å²) in [7, 11) is 1.69. The number of nitrogens with zero attached hydrogens (tertiary/aromatic N) is 1. The molecule has 1 unspecified atom stereocenters. The summed E-state index contributed by atoms with van der Waals surface area (Å²) in [4.78, 5) is 13.4. The average molecular weight is 359 g/mol. The first kappa shape index (κ1) is 19.9. The van der Waals surface area contributed by atoms with Crippen LogP contribution in [0.3, 0.4) is 0 Å². The molecule has 0 radical (unpaired) electrons. The smallest absolute Gasteiger partial charge is 0.210 e. The molecule has 0 fully saturated rings. The summed E-state index contributed by atoms with van der Waals surface area (Å²) in [6, 6.07) is 3.16. The lowest BCUT2D eigenvalue weighted by Gasteiger charge is -2.38. The van der Waals surface area contributed by atoms with E-state index >= 15 is 0 Å². The Bertz CT molecular complexity index is 721. The van der Waals surface area contributed by atoms with Crippen LogP contribution in [0.1, 0.15) is 44.2 Å². The minimum atomic E-state index is -0.122. The van der Waals surface area contributed by atoms with Gasteiger partial charge in [-0.15, -0.1) is 0 Å². The second-order valence-corrected chi connectivity index (χ2v) is 6.46. The topological polar surface area (TPSA) is 70.0 Å². The normalized spacial score (nSPS) is 19.2. The van der Waals surface area contributed by atoms with E-state index in [1.165, 1.54) is 11.1 Å². The van der Waals surface area contributed by atoms with Crippen LogP contribution in [-0.2, 0) is 16.0 Å². The molecule has 3 rings (SSSR count). The van der Waals surface area contributed by atoms with Gasteiger partial charge in [-0.2, -0.15) is 0 Å². The summed E-state index contributed by atoms with van der Waals surface area (Å²) in [5.41, 5.74) is 4.49. The van der Waals surface area contributed by atoms with Gasteiger partial charge in [-0.3, -0.25) is 4.79 Å². The molecule has 0 saturated heterocycles. The second kappa shape index (κ2) is 8.79. The molecule has 5 nitrogen and oxygen atoms in total. The van der Waals surface area contributed by atoms with E-state index in [0.717, 1.165) is 42.6 Å². The van der Waals surface area contributed by atoms with E-state index in [9.17, 15) is 15.0 Å². The van der Waals surface area contributed by atoms with Gasteiger partial charge in [-0.05, 0) is 61.1 Å². The number of aryl methyl sites for hydroxylation is 1. The molecule has 0 spiro atoms. The molecule has 5 heteroatoms. The SMILES string of the molecule is CC.COC1=CCC2=C(CCN(C=O)C2Cc2cc(O)c(O)cc2C)C1. The zero-order valence-corrected chi connectivity index (χ0v) is 16.1. The van der Waals surface area contributed by atoms with E-state index in [2.05, 4.69) is 6.08 Å². The minimum absolute atomic E-state index is 0.0106. The number of amides is 1. The number of carbonyl (C=O) groups is 1. The van der Waals surface area contributed by atoms with Crippen LogP contribution in [0.15, 0.2) is 35.1 Å². The zero-order chi connectivity index (χ0) is 19.3. The quantitative estimate of drug-likeness (QED) is 0.487. The van der Waals surface area contributed by atoms with Gasteiger partial charge >= 0.3 is 0 Å². The molecule has 0 aromatic heterocycles. The van der Waals surface area contributed by atoms with Crippen molar-refractivity contribution in [3.05, 3.63) is 46.2 Å². The monoisotopic (exact) mass is 359 g/mol. The largest absolute Gasteiger partial charge is 0.504 e. The molecule has 1 aromatic rings. The van der Waals surface area contributed by atoms with Gasteiger partial charge in [0, 0.05) is 13.0 Å². The third-order valence-electron chi connectivity index (χ3n) is 5.11. The number of benzene rings is 1. The third kappa shape index (κ3) is 4.03. The van der Waals surface area contributed by atoms with Crippen LogP contribution in [0.25, 0.3) is 0 Å². The lowest BCUT2D eigenvalue weighted by atomic mass is 9.82. The first-order chi connectivity index (χ1) is 12.5. The van der Waals surface area contributed by atoms with Gasteiger partial charge in [-0.1, -0.05) is 19.4 Å². The van der Waals surface area contributed by atoms with Crippen molar-refractivity contribution in [1.82, 2.24) is 4.90 Å². The van der Waals surface area contributed by atoms with E-state index < -0.39 is 0 Å². The number of methoxy groups -OCH3 is 1. The predicted octanol–water partition coefficient (Wildman–Crippen LogP) is 3.83. The molecule has 1 heterocycles. The molecule has 1 aliphatic heterocycles. The van der Waals surface area contributed by atoms with Crippen molar-refractivity contribution in [1.29, 1.82) is 0 Å². The highest BCUT2D eigenvalue weighted by molar-refractivity contribution is 5.53. The molecule has 0 bridgehead atoms. The summed E-state index contributed by atoms with van der Waals surface area (Å²) >= 11 is 0. The molecular weight excluding hydrogens is 330 g/mol. The highest BCUT2D eigenvalue weighted by Crippen LogP contribution is 2.37. The van der Waals surface area contributed by atoms with Crippen molar-refractivity contribution < 1.29 is 19.7 Å². The van der Waals surface area contributed by atoms with E-state index in [4.69, 9.17) is 4.74 Å². The maximum absolute atomic E-state index is 11.5. The number of allylic oxidation sites excluding steroid dienone is 2. The predicted molar refractivity (Wildman–Crippen MR) is 102 cm³/mol. The molecule has 26 heavy (non-hydrogen) atoms. The molecule has 0 saturated carbocycles. The van der Waals surface area contributed by atoms with E-state index in [-0.39, 0.29) is 17.5 Å². The first-order valence-corrected chi connectivity index (χ1v) is 9.19. The maximum atomic E-state index is 11.5. The van der Waals surface area contributed by atoms with Gasteiger partial charge in [0.1, 0.15) is 0 Å². The number of aromatic hydroxyl groups is 2. The van der Waals surface area contributed by atoms with Crippen molar-refractivity contribution in [2.24, 2.45) is 0 Å². The lowest BCUT2D eigenvalue weighted by molar-refractivity contribution is -0.119. The Hall–Kier alpha value is -2.43. The highest BCUT2D eigenvalue weighted by atomic mass is 16.5. The van der Waals surface area contributed by atoms with Gasteiger partial charge < -0.3 is 19.8 Å². The average Bonchev–Trinajstić information content (AvgIpc) is 2.67. The third-order valence-corrected chi connectivity index (χ3v) is 5.11. The van der Waals surface area contributed by atoms with Crippen LogP contribution in [0.4, 0.5) is 0 Å². The van der Waals surface area contributed by atoms with E-state index in [1.54, 1.807) is 19.2 Å². The number of hydrogen-bond donors (Lipinski definition) is 2. The Morgan fingerprint density at radius 3 is 2.62 bits per heavy atom. The number of carbonyl (C=O) groups excluding carboxylic acids is 1. The van der Waals surface area contributed by atoms with Crippen LogP contribution in [0.5, 0.6) is 11.5 Å². The van der Waals surface area contributed by atoms with Crippen LogP contribution >= 0.6 is 0 Å². The Labute approximate surface area is 155 Å². The Morgan fingerprint density at radius 2 is 1.96 bits per heavy atom. The standard InChI is InChI=1S/C19H23NO4.C2H6/c1-12-7-18(22)19(23)10-14(12)9-17-16-4-3-15(24-2)8-13(16)5-6-20(17)11-21;1-2/h3,7,10-11,17,22-23H,4-6,8-9H2,1-2H3;1-2H3. The first-order valence-electron chi connectivity index (χ1n) is 9.19. The molecule has 2 aliphatic rings. The molecule has 2 N–H and O–H groups in total. The summed E-state index contributed by atoms with van der Waals surface area (Å²) in [6.45, 7) is 6.61. The number of phenolic OH excluding ortho intramolecular Hbond substituents is 2. The molecule has 1 aromatic carbocycles. The summed E-state index contributed by atoms with van der Waals surface area (Å²) < 4.78 is 5.38. The van der Waals surface area contributed by atoms with Gasteiger partial charge in [0.25, 0.3) is 0 Å². The van der Waals surface area contributed by atoms with Crippen LogP contribution in [0.2, 0.25) is 0 Å². The Balaban J connectivity index is 0.00000117. The fraction of sp³-hybridized carbons (Fsp3) is 0.476. The van der Waals surface area contributed by atoms with Crippen molar-refractivity contribution in [2.45, 2.75) is 52.5 Å². The van der Waals surface area contributed by atoms with Gasteiger partial charge in [0.2, 0.25) is 6.41 Å². The highest BCUT2D eigenvalue weighted by Gasteiger charge is 2.31. The second-order valence-electron chi connectivity index (χ2n) is 6.46. The Kier molecular flexibility index (Phi) is 6.72. The van der Waals surface area contributed by atoms with Crippen molar-refractivity contribution in [2.75, 3.05) is 13.7 Å². The number of phenols is 2. The van der Waals surface area contributed by atoms with Crippen molar-refractivity contribution in [3.8, 4) is 11.5 Å². The van der Waals surface area contributed by atoms with E-state index in [0.29, 0.717) is 13.0 Å². The fourth-order valence-electron chi connectivity index (χ4n) is 3.68. The summed E-state index contributed by atoms with van der Waals surface area (Å²) in [6.07, 6.45) is 6.12. The van der Waals surface area contributed by atoms with Crippen LogP contribution in [-0.4, -0.2) is 41.2 Å². The van der Waals surface area contributed by atoms with Gasteiger partial charge in [0.05, 0.1) is 18.9 Å². The molecular formula is C21H29NO4. The Morgan fingerprint density at radius 1 is 1.27 bits per heavy atom. The fourth-order valence-corrected chi connectivity index (χ4v) is 3.68. The molecule has 1 atom stereocenters. The van der Waals surface area contributed by atoms with Crippen molar-refractivity contribution in [3.63, 3.8) is 0 Å². The molecule has 1 aliphatic carbocycles. The van der Waals surface area contributed by atoms with E-state index in [1.807, 2.05) is 25.7 Å². The van der Waals surface area contributed by atoms with Crippen LogP contribution in [0, 0.1) is 6.92 Å². The number of ether oxygens (including phenoxy) is 1. The number of hydrogen-bond acceptors (Lipinski definition) is 4. The molecule has 142 valence electrons. The van der Waals surface area contributed by atoms with Gasteiger partial charge in [0.15, 0.2) is 11.5 Å². The summed E-state index contributed by atoms with van der Waals surface area (Å²) in [5.74, 6) is 0.756. The lowest BCUT2D eigenvalue weighted by Crippen LogP contribution is -2.42. The van der Waals surface area contributed by atoms with Crippen molar-refractivity contribution >= 4 is 6.41 Å². The number of rotatable bonds is 4. The summed E-state index contributed by atoms with van der Waals surface area (Å²) in [5, 5.41) is 19.4. The van der Waals surface area contributed by atoms with Crippen LogP contribution < -0.4 is 0 Å². The minimum Gasteiger partial charge on any atom is -0.504 e. The molecule has 1 amide bonds. The zero-order valence-electron chi connectivity index (χ0n) is 16.1.